The highest BCUT2D eigenvalue weighted by Crippen LogP contribution is 2.40. The lowest BCUT2D eigenvalue weighted by atomic mass is 9.72. The molecule has 3 nitrogen and oxygen atoms in total. The van der Waals surface area contributed by atoms with Crippen molar-refractivity contribution in [1.29, 1.82) is 0 Å². The standard InChI is InChI=1S/C9H13NO2/c1-6-2-3-12-8(6)9(10)4-7(11)5-9/h2-3,7,11H,4-5,10H2,1H3. The average molecular weight is 167 g/mol. The van der Waals surface area contributed by atoms with E-state index in [4.69, 9.17) is 15.3 Å². The third kappa shape index (κ3) is 0.974. The van der Waals surface area contributed by atoms with Crippen LogP contribution >= 0.6 is 0 Å². The lowest BCUT2D eigenvalue weighted by Gasteiger charge is -2.40. The van der Waals surface area contributed by atoms with Crippen LogP contribution < -0.4 is 5.73 Å². The maximum Gasteiger partial charge on any atom is 0.126 e. The number of aliphatic hydroxyl groups is 1. The molecule has 0 aromatic carbocycles. The molecule has 1 aliphatic rings. The summed E-state index contributed by atoms with van der Waals surface area (Å²) >= 11 is 0. The summed E-state index contributed by atoms with van der Waals surface area (Å²) in [5.74, 6) is 0.827. The highest BCUT2D eigenvalue weighted by molar-refractivity contribution is 5.26. The Balaban J connectivity index is 2.26. The lowest BCUT2D eigenvalue weighted by molar-refractivity contribution is 0.00974. The topological polar surface area (TPSA) is 59.4 Å². The molecule has 0 unspecified atom stereocenters. The predicted molar refractivity (Wildman–Crippen MR) is 44.6 cm³/mol. The van der Waals surface area contributed by atoms with Crippen molar-refractivity contribution in [3.63, 3.8) is 0 Å². The minimum absolute atomic E-state index is 0.250. The molecule has 0 radical (unpaired) electrons. The molecular weight excluding hydrogens is 154 g/mol. The molecule has 66 valence electrons. The summed E-state index contributed by atoms with van der Waals surface area (Å²) in [5.41, 5.74) is 6.67. The quantitative estimate of drug-likeness (QED) is 0.653. The van der Waals surface area contributed by atoms with Gasteiger partial charge in [0, 0.05) is 0 Å². The van der Waals surface area contributed by atoms with Gasteiger partial charge in [0.05, 0.1) is 17.9 Å². The van der Waals surface area contributed by atoms with Crippen molar-refractivity contribution in [2.45, 2.75) is 31.4 Å². The van der Waals surface area contributed by atoms with Gasteiger partial charge in [-0.1, -0.05) is 0 Å². The van der Waals surface area contributed by atoms with E-state index in [9.17, 15) is 0 Å². The molecule has 2 rings (SSSR count). The lowest BCUT2D eigenvalue weighted by Crippen LogP contribution is -2.51. The Bertz CT molecular complexity index is 286. The molecule has 1 fully saturated rings. The zero-order chi connectivity index (χ0) is 8.77. The summed E-state index contributed by atoms with van der Waals surface area (Å²) in [6, 6.07) is 1.90. The molecule has 0 aliphatic heterocycles. The third-order valence-corrected chi connectivity index (χ3v) is 2.51. The normalized spacial score (nSPS) is 34.8. The van der Waals surface area contributed by atoms with Crippen molar-refractivity contribution in [3.05, 3.63) is 23.7 Å². The van der Waals surface area contributed by atoms with Crippen LogP contribution in [0, 0.1) is 6.92 Å². The first-order valence-corrected chi connectivity index (χ1v) is 4.13. The maximum absolute atomic E-state index is 9.15. The molecule has 1 heterocycles. The van der Waals surface area contributed by atoms with Gasteiger partial charge in [-0.3, -0.25) is 0 Å². The van der Waals surface area contributed by atoms with Crippen LogP contribution in [0.2, 0.25) is 0 Å². The van der Waals surface area contributed by atoms with E-state index in [0.717, 1.165) is 11.3 Å². The molecule has 1 aromatic heterocycles. The van der Waals surface area contributed by atoms with Gasteiger partial charge in [-0.2, -0.15) is 0 Å². The smallest absolute Gasteiger partial charge is 0.126 e. The third-order valence-electron chi connectivity index (χ3n) is 2.51. The summed E-state index contributed by atoms with van der Waals surface area (Å²) in [5, 5.41) is 9.15. The number of hydrogen-bond acceptors (Lipinski definition) is 3. The molecular formula is C9H13NO2. The highest BCUT2D eigenvalue weighted by Gasteiger charge is 2.44. The van der Waals surface area contributed by atoms with E-state index in [-0.39, 0.29) is 6.10 Å². The largest absolute Gasteiger partial charge is 0.467 e. The number of furan rings is 1. The van der Waals surface area contributed by atoms with Crippen LogP contribution in [0.15, 0.2) is 16.7 Å². The number of nitrogens with two attached hydrogens (primary N) is 1. The fraction of sp³-hybridized carbons (Fsp3) is 0.556. The van der Waals surface area contributed by atoms with Gasteiger partial charge in [-0.15, -0.1) is 0 Å². The van der Waals surface area contributed by atoms with Crippen LogP contribution in [-0.4, -0.2) is 11.2 Å². The molecule has 0 bridgehead atoms. The number of aliphatic hydroxyl groups excluding tert-OH is 1. The van der Waals surface area contributed by atoms with E-state index in [1.54, 1.807) is 6.26 Å². The van der Waals surface area contributed by atoms with Gasteiger partial charge in [-0.05, 0) is 31.4 Å². The van der Waals surface area contributed by atoms with Crippen LogP contribution in [0.4, 0.5) is 0 Å². The van der Waals surface area contributed by atoms with Crippen molar-refractivity contribution in [2.75, 3.05) is 0 Å². The predicted octanol–water partition coefficient (Wildman–Crippen LogP) is 0.897. The second-order valence-electron chi connectivity index (χ2n) is 3.65. The Hall–Kier alpha value is -0.800. The minimum Gasteiger partial charge on any atom is -0.467 e. The van der Waals surface area contributed by atoms with Gasteiger partial charge in [0.1, 0.15) is 5.76 Å². The Labute approximate surface area is 71.2 Å². The van der Waals surface area contributed by atoms with E-state index in [1.807, 2.05) is 13.0 Å². The van der Waals surface area contributed by atoms with E-state index in [1.165, 1.54) is 0 Å². The van der Waals surface area contributed by atoms with E-state index in [0.29, 0.717) is 12.8 Å². The summed E-state index contributed by atoms with van der Waals surface area (Å²) < 4.78 is 5.28. The Morgan fingerprint density at radius 3 is 2.75 bits per heavy atom. The van der Waals surface area contributed by atoms with Crippen molar-refractivity contribution >= 4 is 0 Å². The Kier molecular flexibility index (Phi) is 1.53. The highest BCUT2D eigenvalue weighted by atomic mass is 16.3. The first kappa shape index (κ1) is 7.83. The maximum atomic E-state index is 9.15. The van der Waals surface area contributed by atoms with Gasteiger partial charge in [0.15, 0.2) is 0 Å². The SMILES string of the molecule is Cc1ccoc1C1(N)CC(O)C1. The zero-order valence-corrected chi connectivity index (χ0v) is 7.08. The Morgan fingerprint density at radius 1 is 1.67 bits per heavy atom. The molecule has 0 spiro atoms. The molecule has 12 heavy (non-hydrogen) atoms. The average Bonchev–Trinajstić information content (AvgIpc) is 2.32. The molecule has 3 heteroatoms. The van der Waals surface area contributed by atoms with Crippen LogP contribution in [0.3, 0.4) is 0 Å². The van der Waals surface area contributed by atoms with E-state index in [2.05, 4.69) is 0 Å². The monoisotopic (exact) mass is 167 g/mol. The van der Waals surface area contributed by atoms with E-state index < -0.39 is 5.54 Å². The second-order valence-corrected chi connectivity index (χ2v) is 3.65. The van der Waals surface area contributed by atoms with Gasteiger partial charge >= 0.3 is 0 Å². The van der Waals surface area contributed by atoms with Crippen molar-refractivity contribution in [2.24, 2.45) is 5.73 Å². The summed E-state index contributed by atoms with van der Waals surface area (Å²) in [6.45, 7) is 1.97. The first-order chi connectivity index (χ1) is 5.62. The van der Waals surface area contributed by atoms with Crippen LogP contribution in [0.1, 0.15) is 24.2 Å². The van der Waals surface area contributed by atoms with Gasteiger partial charge in [-0.25, -0.2) is 0 Å². The molecule has 1 saturated carbocycles. The number of rotatable bonds is 1. The molecule has 0 saturated heterocycles. The van der Waals surface area contributed by atoms with Gasteiger partial charge in [0.25, 0.3) is 0 Å². The molecule has 3 N–H and O–H groups in total. The van der Waals surface area contributed by atoms with Gasteiger partial charge < -0.3 is 15.3 Å². The Morgan fingerprint density at radius 2 is 2.33 bits per heavy atom. The van der Waals surface area contributed by atoms with Crippen molar-refractivity contribution in [1.82, 2.24) is 0 Å². The molecule has 1 aromatic rings. The fourth-order valence-electron chi connectivity index (χ4n) is 1.85. The zero-order valence-electron chi connectivity index (χ0n) is 7.08. The number of aryl methyl sites for hydroxylation is 1. The summed E-state index contributed by atoms with van der Waals surface area (Å²) in [4.78, 5) is 0. The molecule has 0 atom stereocenters. The van der Waals surface area contributed by atoms with Crippen LogP contribution in [0.5, 0.6) is 0 Å². The summed E-state index contributed by atoms with van der Waals surface area (Å²) in [6.07, 6.45) is 2.62. The number of hydrogen-bond donors (Lipinski definition) is 2. The van der Waals surface area contributed by atoms with Crippen LogP contribution in [-0.2, 0) is 5.54 Å². The first-order valence-electron chi connectivity index (χ1n) is 4.13. The second kappa shape index (κ2) is 2.34. The van der Waals surface area contributed by atoms with Crippen LogP contribution in [0.25, 0.3) is 0 Å². The summed E-state index contributed by atoms with van der Waals surface area (Å²) in [7, 11) is 0. The minimum atomic E-state index is -0.410. The molecule has 0 amide bonds. The van der Waals surface area contributed by atoms with E-state index >= 15 is 0 Å². The fourth-order valence-corrected chi connectivity index (χ4v) is 1.85. The van der Waals surface area contributed by atoms with Gasteiger partial charge in [0.2, 0.25) is 0 Å². The van der Waals surface area contributed by atoms with Crippen molar-refractivity contribution < 1.29 is 9.52 Å². The van der Waals surface area contributed by atoms with Crippen molar-refractivity contribution in [3.8, 4) is 0 Å². The molecule has 1 aliphatic carbocycles.